The van der Waals surface area contributed by atoms with Gasteiger partial charge in [0.05, 0.1) is 36.6 Å². The highest BCUT2D eigenvalue weighted by molar-refractivity contribution is 7.90. The highest BCUT2D eigenvalue weighted by atomic mass is 32.2. The van der Waals surface area contributed by atoms with Crippen LogP contribution in [0, 0.1) is 20.8 Å². The third-order valence-electron chi connectivity index (χ3n) is 14.2. The van der Waals surface area contributed by atoms with Crippen molar-refractivity contribution in [2.75, 3.05) is 106 Å². The van der Waals surface area contributed by atoms with E-state index >= 15 is 0 Å². The van der Waals surface area contributed by atoms with E-state index in [9.17, 15) is 47.1 Å². The number of rotatable bonds is 24. The van der Waals surface area contributed by atoms with E-state index in [1.165, 1.54) is 12.1 Å². The minimum atomic E-state index is -4.19. The van der Waals surface area contributed by atoms with Gasteiger partial charge in [-0.25, -0.2) is 17.9 Å². The van der Waals surface area contributed by atoms with Gasteiger partial charge in [-0.2, -0.15) is 0 Å². The molecule has 2 heterocycles. The van der Waals surface area contributed by atoms with Crippen molar-refractivity contribution in [2.45, 2.75) is 175 Å². The van der Waals surface area contributed by atoms with Gasteiger partial charge in [-0.05, 0) is 151 Å². The van der Waals surface area contributed by atoms with Crippen LogP contribution in [0.5, 0.6) is 5.75 Å². The van der Waals surface area contributed by atoms with E-state index in [2.05, 4.69) is 25.7 Å². The first kappa shape index (κ1) is 73.1. The fraction of sp³-hybridized carbons (Fsp3) is 0.677. The van der Waals surface area contributed by atoms with E-state index in [0.717, 1.165) is 16.7 Å². The van der Waals surface area contributed by atoms with E-state index in [4.69, 9.17) is 18.9 Å². The lowest BCUT2D eigenvalue weighted by atomic mass is 9.93. The van der Waals surface area contributed by atoms with Gasteiger partial charge in [0.1, 0.15) is 34.2 Å². The number of hydrogen-bond acceptors (Lipinski definition) is 18. The van der Waals surface area contributed by atoms with E-state index < -0.39 is 74.2 Å². The minimum absolute atomic E-state index is 0.0303. The Bertz CT molecular complexity index is 2810. The average molecular weight is 1240 g/mol. The first-order valence-corrected chi connectivity index (χ1v) is 31.6. The maximum absolute atomic E-state index is 14.4. The summed E-state index contributed by atoms with van der Waals surface area (Å²) in [6, 6.07) is 5.13. The summed E-state index contributed by atoms with van der Waals surface area (Å²) in [5, 5.41) is 17.9. The Morgan fingerprint density at radius 3 is 1.59 bits per heavy atom. The van der Waals surface area contributed by atoms with Crippen LogP contribution in [-0.4, -0.2) is 220 Å². The van der Waals surface area contributed by atoms with Crippen molar-refractivity contribution >= 4 is 57.6 Å². The molecule has 1 saturated heterocycles. The van der Waals surface area contributed by atoms with Crippen LogP contribution < -0.4 is 25.4 Å². The summed E-state index contributed by atoms with van der Waals surface area (Å²) in [4.78, 5) is 106. The van der Waals surface area contributed by atoms with E-state index in [0.29, 0.717) is 75.4 Å². The summed E-state index contributed by atoms with van der Waals surface area (Å²) in [5.74, 6) is -2.91. The summed E-state index contributed by atoms with van der Waals surface area (Å²) in [5.41, 5.74) is 1.11. The number of carbonyl (C=O) groups excluding carboxylic acids is 6. The predicted molar refractivity (Wildman–Crippen MR) is 332 cm³/mol. The fourth-order valence-electron chi connectivity index (χ4n) is 9.98. The van der Waals surface area contributed by atoms with Gasteiger partial charge in [0.2, 0.25) is 23.7 Å². The van der Waals surface area contributed by atoms with Crippen LogP contribution in [-0.2, 0) is 66.0 Å². The van der Waals surface area contributed by atoms with Crippen LogP contribution in [0.15, 0.2) is 34.2 Å². The number of ether oxygens (including phenoxy) is 4. The molecule has 0 bridgehead atoms. The number of sulfonamides is 1. The van der Waals surface area contributed by atoms with E-state index in [1.54, 1.807) is 107 Å². The Hall–Kier alpha value is -6.41. The second-order valence-corrected chi connectivity index (χ2v) is 28.0. The number of carbonyl (C=O) groups is 7. The molecule has 87 heavy (non-hydrogen) atoms. The lowest BCUT2D eigenvalue weighted by molar-refractivity contribution is -0.158. The van der Waals surface area contributed by atoms with Gasteiger partial charge < -0.3 is 44.9 Å². The summed E-state index contributed by atoms with van der Waals surface area (Å²) < 4.78 is 54.6. The van der Waals surface area contributed by atoms with Crippen molar-refractivity contribution in [1.82, 2.24) is 45.2 Å². The number of guanidine groups is 1. The number of esters is 3. The number of hydrogen-bond donors (Lipinski definition) is 5. The Labute approximate surface area is 516 Å². The maximum atomic E-state index is 14.4. The lowest BCUT2D eigenvalue weighted by Crippen LogP contribution is -2.52. The molecule has 0 radical (unpaired) electrons. The molecule has 0 aliphatic carbocycles. The molecule has 488 valence electrons. The third kappa shape index (κ3) is 26.1. The van der Waals surface area contributed by atoms with Crippen molar-refractivity contribution in [3.05, 3.63) is 57.6 Å². The zero-order chi connectivity index (χ0) is 65.2. The Morgan fingerprint density at radius 1 is 0.667 bits per heavy atom. The SMILES string of the molecule is Cc1c(C)c(S(=O)(=O)NC(=NCCC[C@H](NC(=O)CN2CCN(CC(=O)OC(C)(C)C)CCN(CC(=O)OC(C)(C)C)CCN(CC(=O)OC(C)(C)C)CC2)C(=O)NCCCCC(=O)NCc2ccc(C(=O)O)cc2)N(C)C)c(C)c2c1CC(C)(C)O2. The molecule has 2 aromatic carbocycles. The normalized spacial score (nSPS) is 16.4. The van der Waals surface area contributed by atoms with Crippen molar-refractivity contribution in [2.24, 2.45) is 4.99 Å². The number of carboxylic acids is 1. The van der Waals surface area contributed by atoms with E-state index in [1.807, 2.05) is 40.4 Å². The van der Waals surface area contributed by atoms with Crippen LogP contribution in [0.4, 0.5) is 0 Å². The summed E-state index contributed by atoms with van der Waals surface area (Å²) >= 11 is 0. The monoisotopic (exact) mass is 1240 g/mol. The topological polar surface area (TPSA) is 287 Å². The molecule has 0 saturated carbocycles. The number of amides is 3. The number of carboxylic acid groups (broad SMARTS) is 1. The van der Waals surface area contributed by atoms with Crippen LogP contribution >= 0.6 is 0 Å². The quantitative estimate of drug-likeness (QED) is 0.0321. The Kier molecular flexibility index (Phi) is 27.0. The number of nitrogens with one attached hydrogen (secondary N) is 4. The molecule has 0 unspecified atom stereocenters. The molecule has 3 amide bonds. The van der Waals surface area contributed by atoms with Gasteiger partial charge in [0.15, 0.2) is 0 Å². The molecule has 25 heteroatoms. The molecular formula is C62H100N10O14S. The van der Waals surface area contributed by atoms with Crippen molar-refractivity contribution in [3.63, 3.8) is 0 Å². The molecule has 1 fully saturated rings. The highest BCUT2D eigenvalue weighted by Crippen LogP contribution is 2.44. The first-order chi connectivity index (χ1) is 40.3. The van der Waals surface area contributed by atoms with Crippen LogP contribution in [0.25, 0.3) is 0 Å². The number of benzene rings is 2. The zero-order valence-electron chi connectivity index (χ0n) is 54.6. The second kappa shape index (κ2) is 32.2. The highest BCUT2D eigenvalue weighted by Gasteiger charge is 2.37. The molecule has 24 nitrogen and oxygen atoms in total. The standard InChI is InChI=1S/C62H100N10O14S/c1-42-43(2)55(44(3)54-47(42)36-62(13,14)86-54)87(81,82)67-58(68(15)16)64-27-19-20-48(56(78)63-26-18-17-21-49(73)65-37-45-22-24-46(25-23-45)57(79)80)66-50(74)38-69-28-30-70(39-51(75)83-59(4,5)6)32-34-72(41-53(77)85-61(10,11)12)35-33-71(31-29-69)40-52(76)84-60(7,8)9/h22-25,48H,17-21,26-41H2,1-16H3,(H,63,78)(H,64,67)(H,65,73)(H,66,74)(H,79,80)/t48-/m0/s1. The number of unbranched alkanes of at least 4 members (excludes halogenated alkanes) is 1. The van der Waals surface area contributed by atoms with Gasteiger partial charge in [-0.3, -0.25) is 53.4 Å². The van der Waals surface area contributed by atoms with Crippen LogP contribution in [0.1, 0.15) is 146 Å². The van der Waals surface area contributed by atoms with Gasteiger partial charge >= 0.3 is 23.9 Å². The van der Waals surface area contributed by atoms with Gasteiger partial charge in [0.25, 0.3) is 10.0 Å². The number of nitrogens with zero attached hydrogens (tertiary/aromatic N) is 6. The molecule has 2 aliphatic rings. The number of aliphatic imine (C=N–C) groups is 1. The average Bonchev–Trinajstić information content (AvgIpc) is 1.80. The van der Waals surface area contributed by atoms with Gasteiger partial charge in [-0.1, -0.05) is 12.1 Å². The molecule has 0 spiro atoms. The molecule has 1 atom stereocenters. The predicted octanol–water partition coefficient (Wildman–Crippen LogP) is 4.33. The summed E-state index contributed by atoms with van der Waals surface area (Å²) in [6.07, 6.45) is 2.02. The van der Waals surface area contributed by atoms with Crippen molar-refractivity contribution in [3.8, 4) is 5.75 Å². The maximum Gasteiger partial charge on any atom is 0.335 e. The minimum Gasteiger partial charge on any atom is -0.487 e. The smallest absolute Gasteiger partial charge is 0.335 e. The molecule has 2 aliphatic heterocycles. The van der Waals surface area contributed by atoms with Gasteiger partial charge in [-0.15, -0.1) is 0 Å². The Balaban J connectivity index is 1.57. The van der Waals surface area contributed by atoms with Crippen molar-refractivity contribution in [1.29, 1.82) is 0 Å². The second-order valence-electron chi connectivity index (χ2n) is 26.4. The molecule has 5 N–H and O–H groups in total. The molecular weight excluding hydrogens is 1140 g/mol. The fourth-order valence-corrected chi connectivity index (χ4v) is 11.6. The number of aromatic carboxylic acids is 1. The van der Waals surface area contributed by atoms with Crippen LogP contribution in [0.3, 0.4) is 0 Å². The van der Waals surface area contributed by atoms with E-state index in [-0.39, 0.29) is 100 Å². The van der Waals surface area contributed by atoms with Crippen molar-refractivity contribution < 1.29 is 66.0 Å². The summed E-state index contributed by atoms with van der Waals surface area (Å²) in [6.45, 7) is 28.1. The third-order valence-corrected chi connectivity index (χ3v) is 15.8. The van der Waals surface area contributed by atoms with Gasteiger partial charge in [0, 0.05) is 110 Å². The molecule has 0 aromatic heterocycles. The zero-order valence-corrected chi connectivity index (χ0v) is 55.4. The summed E-state index contributed by atoms with van der Waals surface area (Å²) in [7, 11) is -0.863. The molecule has 2 aromatic rings. The lowest BCUT2D eigenvalue weighted by Gasteiger charge is -2.34. The molecule has 4 rings (SSSR count). The first-order valence-electron chi connectivity index (χ1n) is 30.1. The number of fused-ring (bicyclic) bond motifs is 1. The largest absolute Gasteiger partial charge is 0.487 e. The van der Waals surface area contributed by atoms with Crippen LogP contribution in [0.2, 0.25) is 0 Å². The Morgan fingerprint density at radius 2 is 1.14 bits per heavy atom.